The molecule has 11 heteroatoms. The number of rotatable bonds is 5. The Morgan fingerprint density at radius 2 is 1.70 bits per heavy atom. The van der Waals surface area contributed by atoms with E-state index in [1.165, 1.54) is 6.07 Å². The number of fused-ring (bicyclic) bond motifs is 4. The lowest BCUT2D eigenvalue weighted by molar-refractivity contribution is -0.152. The molecule has 3 fully saturated rings. The molecular weight excluding hydrogens is 560 g/mol. The number of carboxylic acids is 1. The molecule has 1 spiro atoms. The quantitative estimate of drug-likeness (QED) is 0.473. The number of hydrogen-bond donors (Lipinski definition) is 2. The summed E-state index contributed by atoms with van der Waals surface area (Å²) in [6.45, 7) is 0.902. The van der Waals surface area contributed by atoms with E-state index in [1.54, 1.807) is 29.2 Å². The second kappa shape index (κ2) is 9.02. The van der Waals surface area contributed by atoms with Gasteiger partial charge in [0.25, 0.3) is 5.91 Å². The van der Waals surface area contributed by atoms with Crippen molar-refractivity contribution in [2.75, 3.05) is 23.3 Å². The lowest BCUT2D eigenvalue weighted by atomic mass is 9.73. The molecule has 3 heterocycles. The minimum atomic E-state index is -1.60. The highest BCUT2D eigenvalue weighted by molar-refractivity contribution is 6.38. The molecule has 194 valence electrons. The Labute approximate surface area is 233 Å². The molecule has 2 N–H and O–H groups in total. The molecule has 7 nitrogen and oxygen atoms in total. The summed E-state index contributed by atoms with van der Waals surface area (Å²) in [5.41, 5.74) is -0.331. The molecule has 1 saturated carbocycles. The highest BCUT2D eigenvalue weighted by Crippen LogP contribution is 2.59. The van der Waals surface area contributed by atoms with Crippen LogP contribution in [0.5, 0.6) is 0 Å². The van der Waals surface area contributed by atoms with E-state index in [1.807, 2.05) is 4.90 Å². The number of carbonyl (C=O) groups excluding carboxylic acids is 2. The van der Waals surface area contributed by atoms with Crippen LogP contribution in [0.25, 0.3) is 0 Å². The molecule has 2 unspecified atom stereocenters. The molecule has 37 heavy (non-hydrogen) atoms. The zero-order valence-electron chi connectivity index (χ0n) is 19.5. The van der Waals surface area contributed by atoms with Gasteiger partial charge in [0.2, 0.25) is 5.91 Å². The minimum absolute atomic E-state index is 0.228. The van der Waals surface area contributed by atoms with Crippen LogP contribution in [0.3, 0.4) is 0 Å². The molecule has 0 radical (unpaired) electrons. The van der Waals surface area contributed by atoms with Crippen LogP contribution in [0.1, 0.15) is 31.2 Å². The van der Waals surface area contributed by atoms with Gasteiger partial charge in [0.15, 0.2) is 0 Å². The predicted molar refractivity (Wildman–Crippen MR) is 143 cm³/mol. The first-order valence-electron chi connectivity index (χ1n) is 12.2. The third-order valence-electron chi connectivity index (χ3n) is 8.14. The molecule has 4 aliphatic rings. The van der Waals surface area contributed by atoms with E-state index >= 15 is 0 Å². The maximum absolute atomic E-state index is 14.4. The van der Waals surface area contributed by atoms with E-state index in [0.717, 1.165) is 19.3 Å². The van der Waals surface area contributed by atoms with Crippen molar-refractivity contribution in [3.63, 3.8) is 0 Å². The summed E-state index contributed by atoms with van der Waals surface area (Å²) in [6, 6.07) is 7.58. The summed E-state index contributed by atoms with van der Waals surface area (Å²) in [6.07, 6.45) is 3.28. The first-order valence-corrected chi connectivity index (χ1v) is 13.7. The van der Waals surface area contributed by atoms with Gasteiger partial charge < -0.3 is 15.3 Å². The Kier molecular flexibility index (Phi) is 6.16. The Balaban J connectivity index is 1.51. The Hall–Kier alpha value is -2.03. The molecule has 3 aliphatic heterocycles. The van der Waals surface area contributed by atoms with Crippen molar-refractivity contribution in [2.45, 2.75) is 37.3 Å². The molecule has 2 saturated heterocycles. The van der Waals surface area contributed by atoms with Crippen LogP contribution in [0.15, 0.2) is 30.3 Å². The third kappa shape index (κ3) is 3.85. The molecule has 6 rings (SSSR count). The van der Waals surface area contributed by atoms with Crippen molar-refractivity contribution in [3.8, 4) is 0 Å². The molecule has 2 aromatic rings. The molecule has 1 aliphatic carbocycles. The van der Waals surface area contributed by atoms with Crippen molar-refractivity contribution in [1.29, 1.82) is 0 Å². The van der Waals surface area contributed by atoms with Gasteiger partial charge in [0, 0.05) is 38.9 Å². The SMILES string of the molecule is O=C(O)[C@@H]1C(C(=O)N(CC2CC2)c2cc(Cl)cc(Cl)c2)[C@@H]2CCCN2C12C(=O)Nc1c(Cl)cc(Cl)cc12. The van der Waals surface area contributed by atoms with Crippen LogP contribution in [-0.4, -0.2) is 46.9 Å². The maximum Gasteiger partial charge on any atom is 0.310 e. The second-order valence-corrected chi connectivity index (χ2v) is 12.0. The van der Waals surface area contributed by atoms with Crippen LogP contribution in [0, 0.1) is 17.8 Å². The number of halogens is 4. The fraction of sp³-hybridized carbons (Fsp3) is 0.423. The van der Waals surface area contributed by atoms with Crippen LogP contribution in [0.4, 0.5) is 11.4 Å². The summed E-state index contributed by atoms with van der Waals surface area (Å²) < 4.78 is 0. The first kappa shape index (κ1) is 25.3. The van der Waals surface area contributed by atoms with Gasteiger partial charge in [-0.1, -0.05) is 46.4 Å². The summed E-state index contributed by atoms with van der Waals surface area (Å²) in [5.74, 6) is -4.08. The highest BCUT2D eigenvalue weighted by Gasteiger charge is 2.71. The van der Waals surface area contributed by atoms with Crippen LogP contribution >= 0.6 is 46.4 Å². The highest BCUT2D eigenvalue weighted by atomic mass is 35.5. The average molecular weight is 583 g/mol. The number of nitrogens with zero attached hydrogens (tertiary/aromatic N) is 2. The maximum atomic E-state index is 14.4. The molecule has 2 amide bonds. The van der Waals surface area contributed by atoms with E-state index in [2.05, 4.69) is 5.32 Å². The van der Waals surface area contributed by atoms with Crippen molar-refractivity contribution in [3.05, 3.63) is 56.0 Å². The van der Waals surface area contributed by atoms with E-state index in [9.17, 15) is 19.5 Å². The summed E-state index contributed by atoms with van der Waals surface area (Å²) >= 11 is 25.3. The van der Waals surface area contributed by atoms with E-state index in [0.29, 0.717) is 57.4 Å². The molecule has 0 aromatic heterocycles. The topological polar surface area (TPSA) is 90.0 Å². The van der Waals surface area contributed by atoms with Crippen molar-refractivity contribution in [2.24, 2.45) is 17.8 Å². The van der Waals surface area contributed by atoms with Gasteiger partial charge in [-0.25, -0.2) is 0 Å². The number of anilines is 2. The third-order valence-corrected chi connectivity index (χ3v) is 9.09. The average Bonchev–Trinajstić information content (AvgIpc) is 3.30. The minimum Gasteiger partial charge on any atom is -0.481 e. The summed E-state index contributed by atoms with van der Waals surface area (Å²) in [5, 5.41) is 14.7. The summed E-state index contributed by atoms with van der Waals surface area (Å²) in [4.78, 5) is 44.8. The predicted octanol–water partition coefficient (Wildman–Crippen LogP) is 5.69. The van der Waals surface area contributed by atoms with Gasteiger partial charge in [0.1, 0.15) is 11.5 Å². The lowest BCUT2D eigenvalue weighted by Crippen LogP contribution is -2.53. The largest absolute Gasteiger partial charge is 0.481 e. The van der Waals surface area contributed by atoms with Crippen molar-refractivity contribution < 1.29 is 19.5 Å². The Bertz CT molecular complexity index is 1330. The molecule has 0 bridgehead atoms. The number of nitrogens with one attached hydrogen (secondary N) is 1. The standard InChI is InChI=1S/C26H23Cl4N3O4/c27-13-6-14(28)8-16(7-13)32(11-12-3-4-12)23(34)20-19-2-1-5-33(19)26(21(20)24(35)36)17-9-15(29)10-18(30)22(17)31-25(26)37/h6-10,12,19-21H,1-5,11H2,(H,31,37)(H,35,36)/t19-,20?,21-,26?/m0/s1. The van der Waals surface area contributed by atoms with Crippen LogP contribution in [0.2, 0.25) is 20.1 Å². The van der Waals surface area contributed by atoms with Crippen LogP contribution in [-0.2, 0) is 19.9 Å². The number of benzene rings is 2. The molecule has 2 aromatic carbocycles. The zero-order chi connectivity index (χ0) is 26.2. The Morgan fingerprint density at radius 1 is 1.03 bits per heavy atom. The summed E-state index contributed by atoms with van der Waals surface area (Å²) in [7, 11) is 0. The van der Waals surface area contributed by atoms with Gasteiger partial charge in [-0.3, -0.25) is 19.3 Å². The number of carboxylic acid groups (broad SMARTS) is 1. The van der Waals surface area contributed by atoms with Crippen molar-refractivity contribution >= 4 is 75.6 Å². The van der Waals surface area contributed by atoms with Gasteiger partial charge in [-0.2, -0.15) is 0 Å². The number of amides is 2. The van der Waals surface area contributed by atoms with Crippen molar-refractivity contribution in [1.82, 2.24) is 4.90 Å². The fourth-order valence-electron chi connectivity index (χ4n) is 6.59. The number of aliphatic carboxylic acids is 1. The smallest absolute Gasteiger partial charge is 0.310 e. The first-order chi connectivity index (χ1) is 17.6. The second-order valence-electron chi connectivity index (χ2n) is 10.3. The van der Waals surface area contributed by atoms with Gasteiger partial charge in [-0.05, 0) is 68.5 Å². The van der Waals surface area contributed by atoms with E-state index in [4.69, 9.17) is 46.4 Å². The van der Waals surface area contributed by atoms with Gasteiger partial charge in [0.05, 0.1) is 16.6 Å². The van der Waals surface area contributed by atoms with Crippen LogP contribution < -0.4 is 10.2 Å². The van der Waals surface area contributed by atoms with E-state index in [-0.39, 0.29) is 10.9 Å². The number of hydrogen-bond acceptors (Lipinski definition) is 4. The lowest BCUT2D eigenvalue weighted by Gasteiger charge is -2.35. The zero-order valence-corrected chi connectivity index (χ0v) is 22.5. The van der Waals surface area contributed by atoms with Gasteiger partial charge >= 0.3 is 5.97 Å². The molecule has 4 atom stereocenters. The molecular formula is C26H23Cl4N3O4. The van der Waals surface area contributed by atoms with Gasteiger partial charge in [-0.15, -0.1) is 0 Å². The van der Waals surface area contributed by atoms with E-state index < -0.39 is 35.3 Å². The normalized spacial score (nSPS) is 28.3. The monoisotopic (exact) mass is 581 g/mol. The Morgan fingerprint density at radius 3 is 2.35 bits per heavy atom. The number of carbonyl (C=O) groups is 3. The fourth-order valence-corrected chi connectivity index (χ4v) is 7.64.